The van der Waals surface area contributed by atoms with Crippen LogP contribution in [-0.4, -0.2) is 46.2 Å². The van der Waals surface area contributed by atoms with Crippen LogP contribution in [0.5, 0.6) is 0 Å². The number of hydrogen-bond donors (Lipinski definition) is 1. The number of carbonyl (C=O) groups is 3. The number of epoxide rings is 1. The number of rotatable bonds is 7. The standard InChI is InChI=1S/C20H26O7/c1-7-11(2)18(23)25-16-13(10-15-20(6,26-15)17(16)22)12(3)14(21)8-9-19(4,5)27-24/h7-9,13,15-16,24H,3,10H2,1-2,4-6H3/b9-8+,11-7+/t13-,15-,16-,20-/m0/s1. The molecule has 2 aliphatic rings. The third kappa shape index (κ3) is 4.26. The van der Waals surface area contributed by atoms with E-state index in [9.17, 15) is 14.4 Å². The summed E-state index contributed by atoms with van der Waals surface area (Å²) in [6.45, 7) is 11.9. The molecule has 0 spiro atoms. The summed E-state index contributed by atoms with van der Waals surface area (Å²) < 4.78 is 10.9. The van der Waals surface area contributed by atoms with Gasteiger partial charge in [-0.05, 0) is 58.8 Å². The van der Waals surface area contributed by atoms with Gasteiger partial charge < -0.3 is 9.47 Å². The summed E-state index contributed by atoms with van der Waals surface area (Å²) in [6, 6.07) is 0. The van der Waals surface area contributed by atoms with Crippen LogP contribution in [0, 0.1) is 5.92 Å². The summed E-state index contributed by atoms with van der Waals surface area (Å²) in [4.78, 5) is 41.7. The maximum absolute atomic E-state index is 12.8. The van der Waals surface area contributed by atoms with Crippen LogP contribution in [0.15, 0.2) is 36.0 Å². The fourth-order valence-electron chi connectivity index (χ4n) is 2.95. The fourth-order valence-corrected chi connectivity index (χ4v) is 2.95. The van der Waals surface area contributed by atoms with Gasteiger partial charge in [-0.2, -0.15) is 0 Å². The minimum absolute atomic E-state index is 0.141. The molecule has 2 fully saturated rings. The van der Waals surface area contributed by atoms with Gasteiger partial charge in [-0.1, -0.05) is 12.7 Å². The van der Waals surface area contributed by atoms with E-state index in [-0.39, 0.29) is 17.5 Å². The van der Waals surface area contributed by atoms with Crippen LogP contribution in [-0.2, 0) is 28.7 Å². The second kappa shape index (κ2) is 7.50. The number of Topliss-reactive ketones (excluding diaryl/α,β-unsaturated/α-hetero) is 1. The summed E-state index contributed by atoms with van der Waals surface area (Å²) in [5.41, 5.74) is -1.52. The first-order valence-electron chi connectivity index (χ1n) is 8.77. The zero-order valence-corrected chi connectivity index (χ0v) is 16.3. The van der Waals surface area contributed by atoms with Crippen LogP contribution < -0.4 is 0 Å². The van der Waals surface area contributed by atoms with Crippen molar-refractivity contribution in [3.63, 3.8) is 0 Å². The summed E-state index contributed by atoms with van der Waals surface area (Å²) in [7, 11) is 0. The smallest absolute Gasteiger partial charge is 0.334 e. The molecule has 0 unspecified atom stereocenters. The molecule has 1 N–H and O–H groups in total. The molecule has 148 valence electrons. The average molecular weight is 378 g/mol. The Morgan fingerprint density at radius 2 is 2.04 bits per heavy atom. The quantitative estimate of drug-likeness (QED) is 0.239. The highest BCUT2D eigenvalue weighted by Crippen LogP contribution is 2.49. The van der Waals surface area contributed by atoms with E-state index in [0.29, 0.717) is 12.0 Å². The van der Waals surface area contributed by atoms with E-state index in [2.05, 4.69) is 11.5 Å². The summed E-state index contributed by atoms with van der Waals surface area (Å²) in [6.07, 6.45) is 3.09. The van der Waals surface area contributed by atoms with Gasteiger partial charge in [-0.3, -0.25) is 14.8 Å². The topological polar surface area (TPSA) is 102 Å². The number of hydrogen-bond acceptors (Lipinski definition) is 7. The first-order valence-corrected chi connectivity index (χ1v) is 8.77. The minimum atomic E-state index is -1.14. The first-order chi connectivity index (χ1) is 12.5. The third-order valence-electron chi connectivity index (χ3n) is 5.15. The second-order valence-electron chi connectivity index (χ2n) is 7.64. The number of allylic oxidation sites excluding steroid dienone is 2. The van der Waals surface area contributed by atoms with Gasteiger partial charge in [-0.15, -0.1) is 0 Å². The average Bonchev–Trinajstić information content (AvgIpc) is 3.32. The molecule has 0 amide bonds. The summed E-state index contributed by atoms with van der Waals surface area (Å²) in [5.74, 6) is -2.10. The molecule has 1 saturated carbocycles. The maximum Gasteiger partial charge on any atom is 0.334 e. The molecule has 2 rings (SSSR count). The summed E-state index contributed by atoms with van der Waals surface area (Å²) >= 11 is 0. The fraction of sp³-hybridized carbons (Fsp3) is 0.550. The van der Waals surface area contributed by atoms with Crippen molar-refractivity contribution in [2.24, 2.45) is 5.92 Å². The van der Waals surface area contributed by atoms with Crippen molar-refractivity contribution in [3.8, 4) is 0 Å². The number of fused-ring (bicyclic) bond motifs is 1. The van der Waals surface area contributed by atoms with Crippen molar-refractivity contribution in [1.82, 2.24) is 0 Å². The van der Waals surface area contributed by atoms with E-state index < -0.39 is 35.0 Å². The monoisotopic (exact) mass is 378 g/mol. The zero-order valence-electron chi connectivity index (χ0n) is 16.3. The predicted molar refractivity (Wildman–Crippen MR) is 96.8 cm³/mol. The first kappa shape index (κ1) is 21.2. The van der Waals surface area contributed by atoms with E-state index in [1.165, 1.54) is 12.2 Å². The van der Waals surface area contributed by atoms with Gasteiger partial charge in [0.2, 0.25) is 5.78 Å². The highest BCUT2D eigenvalue weighted by molar-refractivity contribution is 6.06. The lowest BCUT2D eigenvalue weighted by atomic mass is 9.75. The van der Waals surface area contributed by atoms with Crippen LogP contribution in [0.2, 0.25) is 0 Å². The highest BCUT2D eigenvalue weighted by Gasteiger charge is 2.66. The van der Waals surface area contributed by atoms with Crippen LogP contribution in [0.4, 0.5) is 0 Å². The van der Waals surface area contributed by atoms with Crippen LogP contribution in [0.1, 0.15) is 41.0 Å². The Morgan fingerprint density at radius 3 is 2.59 bits per heavy atom. The Kier molecular flexibility index (Phi) is 5.89. The Morgan fingerprint density at radius 1 is 1.41 bits per heavy atom. The van der Waals surface area contributed by atoms with Crippen molar-refractivity contribution in [2.45, 2.75) is 64.4 Å². The lowest BCUT2D eigenvalue weighted by Crippen LogP contribution is -2.48. The van der Waals surface area contributed by atoms with Crippen molar-refractivity contribution >= 4 is 17.5 Å². The number of carbonyl (C=O) groups excluding carboxylic acids is 3. The van der Waals surface area contributed by atoms with Crippen LogP contribution in [0.3, 0.4) is 0 Å². The van der Waals surface area contributed by atoms with Crippen LogP contribution in [0.25, 0.3) is 0 Å². The van der Waals surface area contributed by atoms with Gasteiger partial charge in [0.25, 0.3) is 0 Å². The van der Waals surface area contributed by atoms with Crippen molar-refractivity contribution in [1.29, 1.82) is 0 Å². The van der Waals surface area contributed by atoms with Gasteiger partial charge in [0.05, 0.1) is 6.10 Å². The van der Waals surface area contributed by atoms with Gasteiger partial charge >= 0.3 is 5.97 Å². The largest absolute Gasteiger partial charge is 0.450 e. The molecule has 0 radical (unpaired) electrons. The lowest BCUT2D eigenvalue weighted by molar-refractivity contribution is -0.297. The second-order valence-corrected chi connectivity index (χ2v) is 7.64. The van der Waals surface area contributed by atoms with Gasteiger partial charge in [0.1, 0.15) is 5.60 Å². The Labute approximate surface area is 158 Å². The molecule has 7 heteroatoms. The molecule has 27 heavy (non-hydrogen) atoms. The molecular formula is C20H26O7. The number of ether oxygens (including phenoxy) is 2. The molecule has 1 saturated heterocycles. The molecule has 0 aromatic rings. The van der Waals surface area contributed by atoms with E-state index >= 15 is 0 Å². The van der Waals surface area contributed by atoms with E-state index in [1.807, 2.05) is 0 Å². The van der Waals surface area contributed by atoms with Crippen LogP contribution >= 0.6 is 0 Å². The van der Waals surface area contributed by atoms with E-state index in [1.54, 1.807) is 40.7 Å². The molecule has 1 heterocycles. The highest BCUT2D eigenvalue weighted by atomic mass is 17.1. The molecule has 0 aromatic carbocycles. The van der Waals surface area contributed by atoms with Gasteiger partial charge in [0.15, 0.2) is 17.5 Å². The molecule has 7 nitrogen and oxygen atoms in total. The van der Waals surface area contributed by atoms with Crippen molar-refractivity contribution in [2.75, 3.05) is 0 Å². The Balaban J connectivity index is 2.23. The molecule has 1 aliphatic heterocycles. The molecule has 0 bridgehead atoms. The summed E-state index contributed by atoms with van der Waals surface area (Å²) in [5, 5.41) is 8.81. The predicted octanol–water partition coefficient (Wildman–Crippen LogP) is 2.56. The molecule has 4 atom stereocenters. The number of esters is 1. The Hall–Kier alpha value is -2.09. The van der Waals surface area contributed by atoms with Crippen molar-refractivity contribution in [3.05, 3.63) is 36.0 Å². The normalized spacial score (nSPS) is 30.8. The molecule has 1 aliphatic carbocycles. The number of ketones is 2. The van der Waals surface area contributed by atoms with Gasteiger partial charge in [-0.25, -0.2) is 9.68 Å². The lowest BCUT2D eigenvalue weighted by Gasteiger charge is -2.31. The molecular weight excluding hydrogens is 352 g/mol. The van der Waals surface area contributed by atoms with E-state index in [4.69, 9.17) is 14.7 Å². The minimum Gasteiger partial charge on any atom is -0.450 e. The van der Waals surface area contributed by atoms with Gasteiger partial charge in [0, 0.05) is 11.5 Å². The Bertz CT molecular complexity index is 731. The maximum atomic E-state index is 12.8. The third-order valence-corrected chi connectivity index (χ3v) is 5.15. The SMILES string of the molecule is C=C(C(=O)/C=C/C(C)(C)OO)[C@@H]1C[C@@H]2O[C@]2(C)C(=O)[C@H]1OC(=O)/C(C)=C/C. The molecule has 0 aromatic heterocycles. The van der Waals surface area contributed by atoms with E-state index in [0.717, 1.165) is 0 Å². The van der Waals surface area contributed by atoms with Crippen molar-refractivity contribution < 1.29 is 34.0 Å². The zero-order chi connectivity index (χ0) is 20.6.